The minimum atomic E-state index is -4.62. The van der Waals surface area contributed by atoms with Crippen molar-refractivity contribution in [2.24, 2.45) is 0 Å². The zero-order valence-corrected chi connectivity index (χ0v) is 18.3. The van der Waals surface area contributed by atoms with Gasteiger partial charge in [-0.1, -0.05) is 6.07 Å². The maximum absolute atomic E-state index is 13.1. The number of carbonyl (C=O) groups excluding carboxylic acids is 1. The topological polar surface area (TPSA) is 93.5 Å². The molecule has 1 fully saturated rings. The fraction of sp³-hybridized carbons (Fsp3) is 0.381. The summed E-state index contributed by atoms with van der Waals surface area (Å²) in [6, 6.07) is 6.45. The second-order valence-corrected chi connectivity index (χ2v) is 8.28. The molecule has 32 heavy (non-hydrogen) atoms. The van der Waals surface area contributed by atoms with Crippen LogP contribution in [0, 0.1) is 5.41 Å². The molecule has 170 valence electrons. The predicted molar refractivity (Wildman–Crippen MR) is 114 cm³/mol. The van der Waals surface area contributed by atoms with Crippen LogP contribution in [0.5, 0.6) is 0 Å². The third-order valence-electron chi connectivity index (χ3n) is 5.58. The second-order valence-electron chi connectivity index (χ2n) is 8.28. The molecule has 1 aliphatic rings. The van der Waals surface area contributed by atoms with E-state index in [1.807, 2.05) is 27.7 Å². The van der Waals surface area contributed by atoms with Crippen molar-refractivity contribution in [2.45, 2.75) is 45.1 Å². The van der Waals surface area contributed by atoms with Crippen molar-refractivity contribution in [3.05, 3.63) is 47.2 Å². The minimum Gasteiger partial charge on any atom is -0.465 e. The smallest absolute Gasteiger partial charge is 0.465 e. The molecule has 0 atom stereocenters. The Kier molecular flexibility index (Phi) is 6.09. The van der Waals surface area contributed by atoms with Gasteiger partial charge < -0.3 is 24.8 Å². The molecule has 1 aromatic carbocycles. The van der Waals surface area contributed by atoms with Gasteiger partial charge >= 0.3 is 19.3 Å². The molecule has 2 heterocycles. The summed E-state index contributed by atoms with van der Waals surface area (Å²) in [6.07, 6.45) is -3.71. The van der Waals surface area contributed by atoms with E-state index in [4.69, 9.17) is 19.5 Å². The molecule has 0 bridgehead atoms. The lowest BCUT2D eigenvalue weighted by Crippen LogP contribution is -2.41. The lowest BCUT2D eigenvalue weighted by atomic mass is 9.77. The maximum atomic E-state index is 13.1. The first-order valence-corrected chi connectivity index (χ1v) is 9.73. The molecular formula is C21H23BF3N3O4. The Morgan fingerprint density at radius 1 is 1.19 bits per heavy atom. The number of carbonyl (C=O) groups is 1. The van der Waals surface area contributed by atoms with E-state index in [1.165, 1.54) is 25.3 Å². The Morgan fingerprint density at radius 3 is 2.34 bits per heavy atom. The van der Waals surface area contributed by atoms with Crippen molar-refractivity contribution >= 4 is 36.3 Å². The number of hydrogen-bond donors (Lipinski definition) is 2. The number of alkyl halides is 3. The Bertz CT molecular complexity index is 1040. The zero-order chi connectivity index (χ0) is 23.9. The largest absolute Gasteiger partial charge is 0.494 e. The minimum absolute atomic E-state index is 0.0317. The van der Waals surface area contributed by atoms with Crippen LogP contribution in [0.1, 0.15) is 49.3 Å². The highest BCUT2D eigenvalue weighted by Gasteiger charge is 2.52. The van der Waals surface area contributed by atoms with Gasteiger partial charge in [0.2, 0.25) is 0 Å². The second kappa shape index (κ2) is 8.21. The lowest BCUT2D eigenvalue weighted by molar-refractivity contribution is -0.141. The summed E-state index contributed by atoms with van der Waals surface area (Å²) >= 11 is 0. The van der Waals surface area contributed by atoms with E-state index in [2.05, 4.69) is 10.3 Å². The van der Waals surface area contributed by atoms with E-state index in [0.29, 0.717) is 5.46 Å². The predicted octanol–water partition coefficient (Wildman–Crippen LogP) is 3.93. The Labute approximate surface area is 183 Å². The standard InChI is InChI=1S/C21H23BF3N3O4/c1-19(2)20(3,4)32-22(31-19)12-9-13(18(29)30-5)14(11-26)15(10-12)27-17-8-6-7-16(28-17)21(23,24)25/h6-11,26H,1-5H3,(H,27,28). The molecule has 0 radical (unpaired) electrons. The van der Waals surface area contributed by atoms with Gasteiger partial charge in [-0.2, -0.15) is 13.2 Å². The van der Waals surface area contributed by atoms with Gasteiger partial charge in [-0.25, -0.2) is 9.78 Å². The fourth-order valence-electron chi connectivity index (χ4n) is 3.13. The van der Waals surface area contributed by atoms with E-state index >= 15 is 0 Å². The third-order valence-corrected chi connectivity index (χ3v) is 5.58. The highest BCUT2D eigenvalue weighted by molar-refractivity contribution is 6.62. The van der Waals surface area contributed by atoms with Gasteiger partial charge in [-0.3, -0.25) is 0 Å². The van der Waals surface area contributed by atoms with Crippen molar-refractivity contribution in [1.29, 1.82) is 5.41 Å². The summed E-state index contributed by atoms with van der Waals surface area (Å²) in [7, 11) is 0.345. The summed E-state index contributed by atoms with van der Waals surface area (Å²) in [6.45, 7) is 7.47. The van der Waals surface area contributed by atoms with Crippen molar-refractivity contribution in [2.75, 3.05) is 12.4 Å². The molecule has 1 aromatic heterocycles. The molecule has 11 heteroatoms. The fourth-order valence-corrected chi connectivity index (χ4v) is 3.13. The van der Waals surface area contributed by atoms with E-state index in [1.54, 1.807) is 6.07 Å². The third kappa shape index (κ3) is 4.49. The van der Waals surface area contributed by atoms with Crippen LogP contribution in [0.15, 0.2) is 30.3 Å². The number of benzene rings is 1. The van der Waals surface area contributed by atoms with Crippen LogP contribution in [0.3, 0.4) is 0 Å². The van der Waals surface area contributed by atoms with Gasteiger partial charge in [-0.05, 0) is 57.4 Å². The molecule has 3 rings (SSSR count). The summed E-state index contributed by atoms with van der Waals surface area (Å²) in [5.74, 6) is -0.827. The number of esters is 1. The molecule has 0 spiro atoms. The highest BCUT2D eigenvalue weighted by Crippen LogP contribution is 2.37. The van der Waals surface area contributed by atoms with Crippen molar-refractivity contribution in [1.82, 2.24) is 4.98 Å². The van der Waals surface area contributed by atoms with Gasteiger partial charge in [0.1, 0.15) is 11.5 Å². The van der Waals surface area contributed by atoms with Crippen molar-refractivity contribution < 1.29 is 32.0 Å². The number of nitrogens with zero attached hydrogens (tertiary/aromatic N) is 1. The Balaban J connectivity index is 2.10. The average molecular weight is 449 g/mol. The van der Waals surface area contributed by atoms with Crippen LogP contribution < -0.4 is 10.8 Å². The molecule has 0 aliphatic carbocycles. The average Bonchev–Trinajstić information content (AvgIpc) is 2.93. The van der Waals surface area contributed by atoms with Crippen LogP contribution in [-0.2, 0) is 20.2 Å². The monoisotopic (exact) mass is 449 g/mol. The summed E-state index contributed by atoms with van der Waals surface area (Å²) < 4.78 is 56.1. The Hall–Kier alpha value is -2.92. The molecule has 0 saturated carbocycles. The summed E-state index contributed by atoms with van der Waals surface area (Å²) in [4.78, 5) is 16.0. The number of methoxy groups -OCH3 is 1. The number of anilines is 2. The van der Waals surface area contributed by atoms with Crippen molar-refractivity contribution in [3.63, 3.8) is 0 Å². The Morgan fingerprint density at radius 2 is 1.81 bits per heavy atom. The normalized spacial score (nSPS) is 17.2. The SMILES string of the molecule is COC(=O)c1cc(B2OC(C)(C)C(C)(C)O2)cc(Nc2cccc(C(F)(F)F)n2)c1C=N. The first-order chi connectivity index (χ1) is 14.8. The van der Waals surface area contributed by atoms with Crippen molar-refractivity contribution in [3.8, 4) is 0 Å². The molecule has 1 aliphatic heterocycles. The van der Waals surface area contributed by atoms with Gasteiger partial charge in [0.15, 0.2) is 0 Å². The van der Waals surface area contributed by atoms with Gasteiger partial charge in [-0.15, -0.1) is 0 Å². The number of ether oxygens (including phenoxy) is 1. The molecule has 7 nitrogen and oxygen atoms in total. The van der Waals surface area contributed by atoms with Crippen LogP contribution in [-0.4, -0.2) is 42.6 Å². The molecule has 0 unspecified atom stereocenters. The number of rotatable bonds is 5. The van der Waals surface area contributed by atoms with E-state index in [0.717, 1.165) is 12.3 Å². The van der Waals surface area contributed by atoms with Gasteiger partial charge in [0.25, 0.3) is 0 Å². The molecule has 2 aromatic rings. The first kappa shape index (κ1) is 23.7. The van der Waals surface area contributed by atoms with Crippen LogP contribution in [0.4, 0.5) is 24.7 Å². The quantitative estimate of drug-likeness (QED) is 0.408. The molecular weight excluding hydrogens is 426 g/mol. The number of nitrogens with one attached hydrogen (secondary N) is 2. The maximum Gasteiger partial charge on any atom is 0.494 e. The van der Waals surface area contributed by atoms with E-state index in [-0.39, 0.29) is 22.6 Å². The number of pyridine rings is 1. The zero-order valence-electron chi connectivity index (χ0n) is 18.3. The molecule has 0 amide bonds. The number of halogens is 3. The lowest BCUT2D eigenvalue weighted by Gasteiger charge is -2.32. The van der Waals surface area contributed by atoms with Gasteiger partial charge in [0, 0.05) is 17.5 Å². The van der Waals surface area contributed by atoms with E-state index in [9.17, 15) is 18.0 Å². The van der Waals surface area contributed by atoms with Crippen LogP contribution in [0.25, 0.3) is 0 Å². The van der Waals surface area contributed by atoms with Gasteiger partial charge in [0.05, 0.1) is 23.9 Å². The van der Waals surface area contributed by atoms with E-state index < -0.39 is 36.2 Å². The molecule has 1 saturated heterocycles. The number of hydrogen-bond acceptors (Lipinski definition) is 7. The number of aromatic nitrogens is 1. The van der Waals surface area contributed by atoms with Crippen LogP contribution in [0.2, 0.25) is 0 Å². The first-order valence-electron chi connectivity index (χ1n) is 9.73. The van der Waals surface area contributed by atoms with Crippen LogP contribution >= 0.6 is 0 Å². The summed E-state index contributed by atoms with van der Waals surface area (Å²) in [5, 5.41) is 10.6. The molecule has 2 N–H and O–H groups in total. The highest BCUT2D eigenvalue weighted by atomic mass is 19.4. The summed E-state index contributed by atoms with van der Waals surface area (Å²) in [5.41, 5.74) is -1.61.